The summed E-state index contributed by atoms with van der Waals surface area (Å²) >= 11 is 0. The molecule has 2 aromatic carbocycles. The number of benzene rings is 2. The predicted octanol–water partition coefficient (Wildman–Crippen LogP) is 3.28. The van der Waals surface area contributed by atoms with E-state index in [2.05, 4.69) is 14.8 Å². The zero-order chi connectivity index (χ0) is 19.7. The van der Waals surface area contributed by atoms with Crippen LogP contribution in [0.4, 0.5) is 18.9 Å². The zero-order valence-corrected chi connectivity index (χ0v) is 14.6. The van der Waals surface area contributed by atoms with E-state index in [9.17, 15) is 26.4 Å². The van der Waals surface area contributed by atoms with Crippen molar-refractivity contribution < 1.29 is 31.1 Å². The van der Waals surface area contributed by atoms with Crippen molar-refractivity contribution in [3.8, 4) is 5.75 Å². The molecule has 1 amide bonds. The lowest BCUT2D eigenvalue weighted by atomic mass is 10.2. The first-order valence-electron chi connectivity index (χ1n) is 7.92. The third-order valence-corrected chi connectivity index (χ3v) is 5.22. The molecule has 0 radical (unpaired) electrons. The number of amides is 1. The van der Waals surface area contributed by atoms with Crippen LogP contribution in [0.1, 0.15) is 23.2 Å². The van der Waals surface area contributed by atoms with Crippen LogP contribution in [0, 0.1) is 0 Å². The van der Waals surface area contributed by atoms with Crippen LogP contribution in [-0.2, 0) is 10.0 Å². The van der Waals surface area contributed by atoms with Gasteiger partial charge in [0.15, 0.2) is 5.75 Å². The molecule has 0 bridgehead atoms. The molecule has 27 heavy (non-hydrogen) atoms. The molecule has 0 spiro atoms. The van der Waals surface area contributed by atoms with Gasteiger partial charge in [-0.2, -0.15) is 0 Å². The summed E-state index contributed by atoms with van der Waals surface area (Å²) in [4.78, 5) is 12.3. The van der Waals surface area contributed by atoms with Crippen molar-refractivity contribution in [2.24, 2.45) is 0 Å². The fourth-order valence-corrected chi connectivity index (χ4v) is 3.56. The van der Waals surface area contributed by atoms with Crippen molar-refractivity contribution in [3.63, 3.8) is 0 Å². The molecule has 144 valence electrons. The molecule has 1 fully saturated rings. The summed E-state index contributed by atoms with van der Waals surface area (Å²) in [5.74, 6) is -1.25. The van der Waals surface area contributed by atoms with Gasteiger partial charge in [0.1, 0.15) is 0 Å². The minimum atomic E-state index is -4.90. The molecule has 0 heterocycles. The summed E-state index contributed by atoms with van der Waals surface area (Å²) in [5.41, 5.74) is -0.0749. The minimum absolute atomic E-state index is 0.00625. The molecule has 0 aliphatic heterocycles. The smallest absolute Gasteiger partial charge is 0.404 e. The van der Waals surface area contributed by atoms with E-state index in [0.717, 1.165) is 18.9 Å². The van der Waals surface area contributed by atoms with Gasteiger partial charge in [-0.1, -0.05) is 12.1 Å². The van der Waals surface area contributed by atoms with Crippen LogP contribution in [0.5, 0.6) is 5.75 Å². The summed E-state index contributed by atoms with van der Waals surface area (Å²) in [7, 11) is -3.65. The van der Waals surface area contributed by atoms with Crippen molar-refractivity contribution >= 4 is 21.6 Å². The summed E-state index contributed by atoms with van der Waals surface area (Å²) in [6, 6.07) is 10.1. The molecule has 0 atom stereocenters. The van der Waals surface area contributed by atoms with Crippen LogP contribution >= 0.6 is 0 Å². The summed E-state index contributed by atoms with van der Waals surface area (Å²) < 4.78 is 67.9. The monoisotopic (exact) mass is 400 g/mol. The average Bonchev–Trinajstić information content (AvgIpc) is 3.39. The average molecular weight is 400 g/mol. The lowest BCUT2D eigenvalue weighted by molar-refractivity contribution is -0.274. The second-order valence-electron chi connectivity index (χ2n) is 5.92. The molecule has 6 nitrogen and oxygen atoms in total. The number of hydrogen-bond donors (Lipinski definition) is 2. The van der Waals surface area contributed by atoms with Crippen LogP contribution in [0.15, 0.2) is 53.4 Å². The quantitative estimate of drug-likeness (QED) is 0.780. The Morgan fingerprint density at radius 2 is 1.67 bits per heavy atom. The Bertz CT molecular complexity index is 939. The number of ether oxygens (including phenoxy) is 1. The Morgan fingerprint density at radius 3 is 2.26 bits per heavy atom. The molecular formula is C17H15F3N2O4S. The molecule has 1 saturated carbocycles. The Morgan fingerprint density at radius 1 is 1.04 bits per heavy atom. The number of halogens is 3. The highest BCUT2D eigenvalue weighted by Gasteiger charge is 2.32. The van der Waals surface area contributed by atoms with Crippen molar-refractivity contribution in [1.82, 2.24) is 4.72 Å². The number of anilines is 1. The number of carbonyl (C=O) groups excluding carboxylic acids is 1. The molecule has 1 aliphatic carbocycles. The Balaban J connectivity index is 1.73. The van der Waals surface area contributed by atoms with Gasteiger partial charge in [-0.05, 0) is 49.2 Å². The van der Waals surface area contributed by atoms with E-state index in [1.54, 1.807) is 0 Å². The molecule has 10 heteroatoms. The summed E-state index contributed by atoms with van der Waals surface area (Å²) in [6.45, 7) is 0. The maximum absolute atomic E-state index is 12.4. The van der Waals surface area contributed by atoms with Gasteiger partial charge in [-0.25, -0.2) is 13.1 Å². The fraction of sp³-hybridized carbons (Fsp3) is 0.235. The van der Waals surface area contributed by atoms with Gasteiger partial charge in [-0.3, -0.25) is 4.79 Å². The van der Waals surface area contributed by atoms with E-state index in [4.69, 9.17) is 0 Å². The second kappa shape index (κ2) is 7.20. The Kier molecular flexibility index (Phi) is 5.11. The first kappa shape index (κ1) is 19.2. The molecule has 0 unspecified atom stereocenters. The highest BCUT2D eigenvalue weighted by Crippen LogP contribution is 2.30. The standard InChI is InChI=1S/C17H15F3N2O4S/c18-17(19,20)26-15-4-2-1-3-14(15)21-16(23)11-5-9-13(10-6-11)27(24,25)22-12-7-8-12/h1-6,9-10,12,22H,7-8H2,(H,21,23). The van der Waals surface area contributed by atoms with E-state index >= 15 is 0 Å². The number of nitrogens with one attached hydrogen (secondary N) is 2. The zero-order valence-electron chi connectivity index (χ0n) is 13.8. The van der Waals surface area contributed by atoms with E-state index < -0.39 is 28.0 Å². The van der Waals surface area contributed by atoms with Crippen molar-refractivity contribution in [3.05, 3.63) is 54.1 Å². The first-order chi connectivity index (χ1) is 12.6. The van der Waals surface area contributed by atoms with Gasteiger partial charge >= 0.3 is 6.36 Å². The van der Waals surface area contributed by atoms with E-state index in [-0.39, 0.29) is 22.2 Å². The summed E-state index contributed by atoms with van der Waals surface area (Å²) in [5, 5.41) is 2.32. The van der Waals surface area contributed by atoms with E-state index in [0.29, 0.717) is 0 Å². The SMILES string of the molecule is O=C(Nc1ccccc1OC(F)(F)F)c1ccc(S(=O)(=O)NC2CC2)cc1. The highest BCUT2D eigenvalue weighted by molar-refractivity contribution is 7.89. The third-order valence-electron chi connectivity index (χ3n) is 3.69. The van der Waals surface area contributed by atoms with Gasteiger partial charge in [0.25, 0.3) is 5.91 Å². The van der Waals surface area contributed by atoms with Gasteiger partial charge < -0.3 is 10.1 Å². The minimum Gasteiger partial charge on any atom is -0.404 e. The summed E-state index contributed by atoms with van der Waals surface area (Å²) in [6.07, 6.45) is -3.32. The number of para-hydroxylation sites is 2. The molecule has 1 aliphatic rings. The largest absolute Gasteiger partial charge is 0.573 e. The molecule has 0 aromatic heterocycles. The van der Waals surface area contributed by atoms with Gasteiger partial charge in [0.2, 0.25) is 10.0 Å². The number of sulfonamides is 1. The fourth-order valence-electron chi connectivity index (χ4n) is 2.25. The Hall–Kier alpha value is -2.59. The first-order valence-corrected chi connectivity index (χ1v) is 9.41. The predicted molar refractivity (Wildman–Crippen MR) is 90.9 cm³/mol. The van der Waals surface area contributed by atoms with Gasteiger partial charge in [-0.15, -0.1) is 13.2 Å². The number of rotatable bonds is 6. The molecule has 3 rings (SSSR count). The van der Waals surface area contributed by atoms with Crippen molar-refractivity contribution in [2.45, 2.75) is 30.1 Å². The van der Waals surface area contributed by atoms with Crippen LogP contribution in [0.25, 0.3) is 0 Å². The van der Waals surface area contributed by atoms with Crippen LogP contribution in [-0.4, -0.2) is 26.7 Å². The van der Waals surface area contributed by atoms with Crippen LogP contribution < -0.4 is 14.8 Å². The molecular weight excluding hydrogens is 385 g/mol. The Labute approximate surface area is 153 Å². The van der Waals surface area contributed by atoms with Gasteiger partial charge in [0, 0.05) is 11.6 Å². The maximum Gasteiger partial charge on any atom is 0.573 e. The topological polar surface area (TPSA) is 84.5 Å². The number of hydrogen-bond acceptors (Lipinski definition) is 4. The van der Waals surface area contributed by atoms with E-state index in [1.165, 1.54) is 42.5 Å². The number of alkyl halides is 3. The van der Waals surface area contributed by atoms with Crippen LogP contribution in [0.3, 0.4) is 0 Å². The molecule has 2 aromatic rings. The number of carbonyl (C=O) groups is 1. The van der Waals surface area contributed by atoms with E-state index in [1.807, 2.05) is 0 Å². The second-order valence-corrected chi connectivity index (χ2v) is 7.63. The van der Waals surface area contributed by atoms with Crippen molar-refractivity contribution in [2.75, 3.05) is 5.32 Å². The normalized spacial score (nSPS) is 14.6. The van der Waals surface area contributed by atoms with Crippen LogP contribution in [0.2, 0.25) is 0 Å². The lowest BCUT2D eigenvalue weighted by Gasteiger charge is -2.14. The lowest BCUT2D eigenvalue weighted by Crippen LogP contribution is -2.25. The molecule has 0 saturated heterocycles. The van der Waals surface area contributed by atoms with Crippen molar-refractivity contribution in [1.29, 1.82) is 0 Å². The van der Waals surface area contributed by atoms with Gasteiger partial charge in [0.05, 0.1) is 10.6 Å². The molecule has 2 N–H and O–H groups in total. The third kappa shape index (κ3) is 5.20. The highest BCUT2D eigenvalue weighted by atomic mass is 32.2. The maximum atomic E-state index is 12.4.